The number of alkyl carbamates (subject to hydrolysis) is 1. The molecule has 0 spiro atoms. The molecule has 0 aliphatic carbocycles. The van der Waals surface area contributed by atoms with Crippen molar-refractivity contribution < 1.29 is 27.5 Å². The number of carbonyl (C=O) groups is 2. The van der Waals surface area contributed by atoms with Crippen molar-refractivity contribution in [1.82, 2.24) is 10.2 Å². The lowest BCUT2D eigenvalue weighted by atomic mass is 9.97. The second-order valence-corrected chi connectivity index (χ2v) is 7.82. The number of piperidine rings is 1. The van der Waals surface area contributed by atoms with E-state index < -0.39 is 23.4 Å². The number of ether oxygens (including phenoxy) is 1. The van der Waals surface area contributed by atoms with Crippen molar-refractivity contribution in [2.75, 3.05) is 25.0 Å². The Morgan fingerprint density at radius 1 is 1.11 bits per heavy atom. The number of benzene rings is 1. The Morgan fingerprint density at radius 3 is 2.18 bits per heavy atom. The standard InChI is InChI=1S/C19H26F3N3O3/c1-18(2,3)28-17(27)23-12-13-8-10-25(11-9-13)16(26)24-15-6-4-14(5-7-15)19(20,21)22/h4-7,13H,8-12H2,1-3H3,(H,23,27)(H,24,26). The SMILES string of the molecule is CC(C)(C)OC(=O)NCC1CCN(C(=O)Nc2ccc(C(F)(F)F)cc2)CC1. The molecule has 0 bridgehead atoms. The Labute approximate surface area is 162 Å². The molecule has 3 amide bonds. The van der Waals surface area contributed by atoms with Gasteiger partial charge in [-0.2, -0.15) is 13.2 Å². The highest BCUT2D eigenvalue weighted by Crippen LogP contribution is 2.30. The number of hydrogen-bond acceptors (Lipinski definition) is 3. The number of nitrogens with zero attached hydrogens (tertiary/aromatic N) is 1. The zero-order valence-corrected chi connectivity index (χ0v) is 16.2. The summed E-state index contributed by atoms with van der Waals surface area (Å²) in [4.78, 5) is 25.6. The van der Waals surface area contributed by atoms with Crippen LogP contribution in [0.5, 0.6) is 0 Å². The van der Waals surface area contributed by atoms with Gasteiger partial charge in [-0.05, 0) is 63.8 Å². The topological polar surface area (TPSA) is 70.7 Å². The van der Waals surface area contributed by atoms with E-state index in [1.165, 1.54) is 12.1 Å². The van der Waals surface area contributed by atoms with Gasteiger partial charge in [0, 0.05) is 25.3 Å². The molecule has 1 aromatic carbocycles. The molecule has 1 saturated heterocycles. The van der Waals surface area contributed by atoms with Crippen LogP contribution in [-0.4, -0.2) is 42.3 Å². The van der Waals surface area contributed by atoms with Gasteiger partial charge in [0.05, 0.1) is 5.56 Å². The van der Waals surface area contributed by atoms with E-state index in [4.69, 9.17) is 4.74 Å². The molecule has 1 aliphatic rings. The van der Waals surface area contributed by atoms with Crippen LogP contribution in [0.25, 0.3) is 0 Å². The van der Waals surface area contributed by atoms with Gasteiger partial charge in [-0.25, -0.2) is 9.59 Å². The molecule has 28 heavy (non-hydrogen) atoms. The highest BCUT2D eigenvalue weighted by atomic mass is 19.4. The Bertz CT molecular complexity index is 676. The summed E-state index contributed by atoms with van der Waals surface area (Å²) in [6.45, 7) is 6.87. The molecule has 0 radical (unpaired) electrons. The Morgan fingerprint density at radius 2 is 1.68 bits per heavy atom. The molecule has 0 unspecified atom stereocenters. The molecule has 9 heteroatoms. The van der Waals surface area contributed by atoms with E-state index in [1.807, 2.05) is 0 Å². The van der Waals surface area contributed by atoms with Crippen LogP contribution in [0.15, 0.2) is 24.3 Å². The van der Waals surface area contributed by atoms with Crippen molar-refractivity contribution in [3.8, 4) is 0 Å². The maximum absolute atomic E-state index is 12.6. The molecule has 0 atom stereocenters. The number of amides is 3. The van der Waals surface area contributed by atoms with E-state index in [0.29, 0.717) is 25.3 Å². The first-order chi connectivity index (χ1) is 12.9. The van der Waals surface area contributed by atoms with E-state index in [2.05, 4.69) is 10.6 Å². The molecule has 1 fully saturated rings. The predicted octanol–water partition coefficient (Wildman–Crippen LogP) is 4.47. The minimum absolute atomic E-state index is 0.239. The van der Waals surface area contributed by atoms with Crippen molar-refractivity contribution in [2.24, 2.45) is 5.92 Å². The zero-order valence-electron chi connectivity index (χ0n) is 16.2. The highest BCUT2D eigenvalue weighted by Gasteiger charge is 2.30. The van der Waals surface area contributed by atoms with Crippen LogP contribution in [0.2, 0.25) is 0 Å². The molecule has 1 aliphatic heterocycles. The summed E-state index contributed by atoms with van der Waals surface area (Å²) in [7, 11) is 0. The third-order valence-corrected chi connectivity index (χ3v) is 4.30. The van der Waals surface area contributed by atoms with Crippen molar-refractivity contribution in [3.63, 3.8) is 0 Å². The Kier molecular flexibility index (Phi) is 6.79. The first-order valence-corrected chi connectivity index (χ1v) is 9.14. The summed E-state index contributed by atoms with van der Waals surface area (Å²) in [5.74, 6) is 0.239. The number of urea groups is 1. The maximum Gasteiger partial charge on any atom is 0.416 e. The van der Waals surface area contributed by atoms with E-state index >= 15 is 0 Å². The zero-order chi connectivity index (χ0) is 20.9. The van der Waals surface area contributed by atoms with Crippen LogP contribution in [0.1, 0.15) is 39.2 Å². The number of rotatable bonds is 3. The second kappa shape index (κ2) is 8.70. The summed E-state index contributed by atoms with van der Waals surface area (Å²) in [5.41, 5.74) is -1.00. The van der Waals surface area contributed by atoms with Crippen molar-refractivity contribution in [3.05, 3.63) is 29.8 Å². The number of alkyl halides is 3. The first kappa shape index (κ1) is 21.8. The van der Waals surface area contributed by atoms with Crippen LogP contribution in [0.4, 0.5) is 28.4 Å². The largest absolute Gasteiger partial charge is 0.444 e. The number of likely N-dealkylation sites (tertiary alicyclic amines) is 1. The molecule has 0 aromatic heterocycles. The summed E-state index contributed by atoms with van der Waals surface area (Å²) >= 11 is 0. The van der Waals surface area contributed by atoms with Crippen molar-refractivity contribution in [2.45, 2.75) is 45.4 Å². The van der Waals surface area contributed by atoms with Crippen LogP contribution in [-0.2, 0) is 10.9 Å². The van der Waals surface area contributed by atoms with Crippen LogP contribution in [0, 0.1) is 5.92 Å². The van der Waals surface area contributed by atoms with E-state index in [1.54, 1.807) is 25.7 Å². The smallest absolute Gasteiger partial charge is 0.416 e. The quantitative estimate of drug-likeness (QED) is 0.785. The van der Waals surface area contributed by atoms with Crippen molar-refractivity contribution in [1.29, 1.82) is 0 Å². The van der Waals surface area contributed by atoms with Crippen molar-refractivity contribution >= 4 is 17.8 Å². The average Bonchev–Trinajstić information content (AvgIpc) is 2.58. The summed E-state index contributed by atoms with van der Waals surface area (Å²) in [6, 6.07) is 3.99. The number of halogens is 3. The highest BCUT2D eigenvalue weighted by molar-refractivity contribution is 5.89. The van der Waals surface area contributed by atoms with Gasteiger partial charge in [0.1, 0.15) is 5.60 Å². The average molecular weight is 401 g/mol. The summed E-state index contributed by atoms with van der Waals surface area (Å²) in [5, 5.41) is 5.35. The number of hydrogen-bond donors (Lipinski definition) is 2. The molecule has 6 nitrogen and oxygen atoms in total. The molecule has 2 N–H and O–H groups in total. The normalized spacial score (nSPS) is 15.9. The molecule has 2 rings (SSSR count). The van der Waals surface area contributed by atoms with Crippen LogP contribution in [0.3, 0.4) is 0 Å². The lowest BCUT2D eigenvalue weighted by Gasteiger charge is -2.32. The number of nitrogens with one attached hydrogen (secondary N) is 2. The van der Waals surface area contributed by atoms with Gasteiger partial charge >= 0.3 is 18.3 Å². The third kappa shape index (κ3) is 6.94. The fourth-order valence-electron chi connectivity index (χ4n) is 2.83. The second-order valence-electron chi connectivity index (χ2n) is 7.82. The molecule has 0 saturated carbocycles. The fourth-order valence-corrected chi connectivity index (χ4v) is 2.83. The molecule has 1 heterocycles. The minimum atomic E-state index is -4.40. The monoisotopic (exact) mass is 401 g/mol. The van der Waals surface area contributed by atoms with Gasteiger partial charge in [0.15, 0.2) is 0 Å². The van der Waals surface area contributed by atoms with Gasteiger partial charge in [-0.1, -0.05) is 0 Å². The molecule has 156 valence electrons. The van der Waals surface area contributed by atoms with Gasteiger partial charge in [0.25, 0.3) is 0 Å². The molecular weight excluding hydrogens is 375 g/mol. The Hall–Kier alpha value is -2.45. The minimum Gasteiger partial charge on any atom is -0.444 e. The number of anilines is 1. The number of carbonyl (C=O) groups excluding carboxylic acids is 2. The fraction of sp³-hybridized carbons (Fsp3) is 0.579. The maximum atomic E-state index is 12.6. The van der Waals surface area contributed by atoms with Gasteiger partial charge in [-0.3, -0.25) is 0 Å². The lowest BCUT2D eigenvalue weighted by molar-refractivity contribution is -0.137. The van der Waals surface area contributed by atoms with E-state index in [-0.39, 0.29) is 11.9 Å². The van der Waals surface area contributed by atoms with E-state index in [0.717, 1.165) is 25.0 Å². The molecular formula is C19H26F3N3O3. The predicted molar refractivity (Wildman–Crippen MR) is 99.0 cm³/mol. The van der Waals surface area contributed by atoms with E-state index in [9.17, 15) is 22.8 Å². The first-order valence-electron chi connectivity index (χ1n) is 9.14. The van der Waals surface area contributed by atoms with Gasteiger partial charge < -0.3 is 20.3 Å². The lowest BCUT2D eigenvalue weighted by Crippen LogP contribution is -2.43. The Balaban J connectivity index is 1.75. The van der Waals surface area contributed by atoms with Gasteiger partial charge in [0.2, 0.25) is 0 Å². The summed E-state index contributed by atoms with van der Waals surface area (Å²) < 4.78 is 42.9. The van der Waals surface area contributed by atoms with Gasteiger partial charge in [-0.15, -0.1) is 0 Å². The van der Waals surface area contributed by atoms with Crippen LogP contribution >= 0.6 is 0 Å². The van der Waals surface area contributed by atoms with Crippen LogP contribution < -0.4 is 10.6 Å². The third-order valence-electron chi connectivity index (χ3n) is 4.30. The molecule has 1 aromatic rings. The summed E-state index contributed by atoms with van der Waals surface area (Å²) in [6.07, 6.45) is -3.43.